The average Bonchev–Trinajstić information content (AvgIpc) is 2.81. The van der Waals surface area contributed by atoms with Gasteiger partial charge in [0.1, 0.15) is 0 Å². The maximum Gasteiger partial charge on any atom is -0.0184 e. The fourth-order valence-corrected chi connectivity index (χ4v) is 1.80. The topological polar surface area (TPSA) is 0 Å². The van der Waals surface area contributed by atoms with Gasteiger partial charge in [0.25, 0.3) is 0 Å². The van der Waals surface area contributed by atoms with Crippen LogP contribution in [-0.2, 0) is 0 Å². The molecule has 0 N–H and O–H groups in total. The molecular formula is C29H50. The van der Waals surface area contributed by atoms with Gasteiger partial charge in [0.2, 0.25) is 0 Å². The van der Waals surface area contributed by atoms with Crippen molar-refractivity contribution < 1.29 is 0 Å². The minimum Gasteiger partial charge on any atom is -0.0776 e. The van der Waals surface area contributed by atoms with Crippen LogP contribution < -0.4 is 0 Å². The molecular weight excluding hydrogens is 348 g/mol. The van der Waals surface area contributed by atoms with Crippen LogP contribution in [0.15, 0.2) is 91.0 Å². The third-order valence-corrected chi connectivity index (χ3v) is 2.82. The lowest BCUT2D eigenvalue weighted by atomic mass is 10.1. The van der Waals surface area contributed by atoms with E-state index in [-0.39, 0.29) is 14.9 Å². The van der Waals surface area contributed by atoms with Gasteiger partial charge < -0.3 is 0 Å². The fourth-order valence-electron chi connectivity index (χ4n) is 1.80. The normalized spacial score (nSPS) is 6.93. The van der Waals surface area contributed by atoms with Crippen molar-refractivity contribution in [2.24, 2.45) is 0 Å². The lowest BCUT2D eigenvalue weighted by molar-refractivity contribution is 1.48. The van der Waals surface area contributed by atoms with Crippen molar-refractivity contribution in [1.29, 1.82) is 0 Å². The summed E-state index contributed by atoms with van der Waals surface area (Å²) in [5.74, 6) is 0. The van der Waals surface area contributed by atoms with Crippen LogP contribution in [0.4, 0.5) is 0 Å². The first-order valence-electron chi connectivity index (χ1n) is 10.5. The summed E-state index contributed by atoms with van der Waals surface area (Å²) < 4.78 is 0. The Balaban J connectivity index is -0.0000000985. The summed E-state index contributed by atoms with van der Waals surface area (Å²) in [6.45, 7) is 18.1. The maximum absolute atomic E-state index is 2.12. The van der Waals surface area contributed by atoms with E-state index in [1.807, 2.05) is 85.7 Å². The summed E-state index contributed by atoms with van der Waals surface area (Å²) in [5.41, 5.74) is 3.87. The van der Waals surface area contributed by atoms with Gasteiger partial charge in [-0.1, -0.05) is 167 Å². The molecule has 0 heterocycles. The minimum atomic E-state index is 0. The number of aryl methyl sites for hydroxylation is 1. The van der Waals surface area contributed by atoms with Crippen molar-refractivity contribution in [2.75, 3.05) is 0 Å². The lowest BCUT2D eigenvalue weighted by Crippen LogP contribution is -1.73. The van der Waals surface area contributed by atoms with E-state index in [0.29, 0.717) is 0 Å². The van der Waals surface area contributed by atoms with E-state index in [0.717, 1.165) is 0 Å². The van der Waals surface area contributed by atoms with Gasteiger partial charge in [0.05, 0.1) is 0 Å². The molecule has 0 spiro atoms. The SMILES string of the molecule is C.C.CC.CC.CC.CC.Cc1ccccc1.c1ccc(-c2ccccc2)cc1. The second-order valence-corrected chi connectivity index (χ2v) is 4.39. The molecule has 0 aliphatic heterocycles. The number of benzene rings is 3. The van der Waals surface area contributed by atoms with Crippen molar-refractivity contribution in [3.05, 3.63) is 96.6 Å². The van der Waals surface area contributed by atoms with Crippen molar-refractivity contribution in [1.82, 2.24) is 0 Å². The van der Waals surface area contributed by atoms with Gasteiger partial charge in [0.15, 0.2) is 0 Å². The van der Waals surface area contributed by atoms with Crippen LogP contribution in [0.5, 0.6) is 0 Å². The molecule has 0 atom stereocenters. The van der Waals surface area contributed by atoms with Gasteiger partial charge in [-0.2, -0.15) is 0 Å². The van der Waals surface area contributed by atoms with Crippen molar-refractivity contribution in [3.8, 4) is 11.1 Å². The van der Waals surface area contributed by atoms with Crippen molar-refractivity contribution >= 4 is 0 Å². The lowest BCUT2D eigenvalue weighted by Gasteiger charge is -1.98. The van der Waals surface area contributed by atoms with Gasteiger partial charge in [-0.15, -0.1) is 0 Å². The smallest absolute Gasteiger partial charge is 0.0184 e. The second-order valence-electron chi connectivity index (χ2n) is 4.39. The zero-order valence-corrected chi connectivity index (χ0v) is 19.2. The Morgan fingerprint density at radius 1 is 0.345 bits per heavy atom. The Morgan fingerprint density at radius 3 is 0.724 bits per heavy atom. The Kier molecular flexibility index (Phi) is 42.9. The van der Waals surface area contributed by atoms with Crippen LogP contribution in [-0.4, -0.2) is 0 Å². The molecule has 0 aliphatic rings. The predicted molar refractivity (Wildman–Crippen MR) is 142 cm³/mol. The first-order chi connectivity index (χ1) is 13.4. The van der Waals surface area contributed by atoms with E-state index in [1.54, 1.807) is 0 Å². The monoisotopic (exact) mass is 398 g/mol. The van der Waals surface area contributed by atoms with E-state index < -0.39 is 0 Å². The summed E-state index contributed by atoms with van der Waals surface area (Å²) in [5, 5.41) is 0. The Labute approximate surface area is 185 Å². The molecule has 3 aromatic carbocycles. The predicted octanol–water partition coefficient (Wildman–Crippen LogP) is 10.7. The molecule has 0 unspecified atom stereocenters. The van der Waals surface area contributed by atoms with E-state index in [1.165, 1.54) is 16.7 Å². The molecule has 0 nitrogen and oxygen atoms in total. The van der Waals surface area contributed by atoms with Crippen LogP contribution >= 0.6 is 0 Å². The van der Waals surface area contributed by atoms with Crippen LogP contribution in [0.1, 0.15) is 75.8 Å². The third-order valence-electron chi connectivity index (χ3n) is 2.82. The number of hydrogen-bond donors (Lipinski definition) is 0. The maximum atomic E-state index is 2.12. The molecule has 29 heavy (non-hydrogen) atoms. The molecule has 0 saturated heterocycles. The molecule has 0 saturated carbocycles. The Morgan fingerprint density at radius 2 is 0.552 bits per heavy atom. The largest absolute Gasteiger partial charge is 0.0776 e. The second kappa shape index (κ2) is 33.3. The zero-order chi connectivity index (χ0) is 21.3. The van der Waals surface area contributed by atoms with Crippen LogP contribution in [0.2, 0.25) is 0 Å². The zero-order valence-electron chi connectivity index (χ0n) is 19.2. The Bertz CT molecular complexity index is 531. The third kappa shape index (κ3) is 21.8. The quantitative estimate of drug-likeness (QED) is 0.382. The highest BCUT2D eigenvalue weighted by Gasteiger charge is 1.91. The minimum absolute atomic E-state index is 0. The van der Waals surface area contributed by atoms with Crippen molar-refractivity contribution in [2.45, 2.75) is 77.2 Å². The average molecular weight is 399 g/mol. The summed E-state index contributed by atoms with van der Waals surface area (Å²) in [6.07, 6.45) is 0. The van der Waals surface area contributed by atoms with E-state index in [2.05, 4.69) is 67.6 Å². The highest BCUT2D eigenvalue weighted by atomic mass is 14.0. The summed E-state index contributed by atoms with van der Waals surface area (Å²) in [4.78, 5) is 0. The molecule has 0 fully saturated rings. The van der Waals surface area contributed by atoms with E-state index in [4.69, 9.17) is 0 Å². The van der Waals surface area contributed by atoms with Crippen LogP contribution in [0, 0.1) is 6.92 Å². The molecule has 0 aliphatic carbocycles. The van der Waals surface area contributed by atoms with Gasteiger partial charge in [-0.05, 0) is 18.1 Å². The van der Waals surface area contributed by atoms with Crippen molar-refractivity contribution in [3.63, 3.8) is 0 Å². The first-order valence-corrected chi connectivity index (χ1v) is 10.5. The molecule has 166 valence electrons. The fraction of sp³-hybridized carbons (Fsp3) is 0.379. The number of rotatable bonds is 1. The Hall–Kier alpha value is -2.34. The van der Waals surface area contributed by atoms with Gasteiger partial charge in [-0.25, -0.2) is 0 Å². The van der Waals surface area contributed by atoms with Gasteiger partial charge in [-0.3, -0.25) is 0 Å². The van der Waals surface area contributed by atoms with Crippen LogP contribution in [0.3, 0.4) is 0 Å². The molecule has 0 heteroatoms. The highest BCUT2D eigenvalue weighted by molar-refractivity contribution is 5.62. The summed E-state index contributed by atoms with van der Waals surface area (Å²) in [6, 6.07) is 31.0. The molecule has 3 aromatic rings. The van der Waals surface area contributed by atoms with Gasteiger partial charge >= 0.3 is 0 Å². The van der Waals surface area contributed by atoms with Crippen LogP contribution in [0.25, 0.3) is 11.1 Å². The molecule has 0 bridgehead atoms. The summed E-state index contributed by atoms with van der Waals surface area (Å²) >= 11 is 0. The highest BCUT2D eigenvalue weighted by Crippen LogP contribution is 2.17. The van der Waals surface area contributed by atoms with E-state index in [9.17, 15) is 0 Å². The standard InChI is InChI=1S/C12H10.C7H8.4C2H6.2CH4/c1-3-7-11(8-4-1)12-9-5-2-6-10-12;1-7-5-3-2-4-6-7;4*1-2;;/h1-10H;2-6H,1H3;4*1-2H3;2*1H4. The molecule has 0 amide bonds. The number of hydrogen-bond acceptors (Lipinski definition) is 0. The molecule has 3 rings (SSSR count). The van der Waals surface area contributed by atoms with Gasteiger partial charge in [0, 0.05) is 0 Å². The summed E-state index contributed by atoms with van der Waals surface area (Å²) in [7, 11) is 0. The molecule has 0 radical (unpaired) electrons. The molecule has 0 aromatic heterocycles. The first kappa shape index (κ1) is 37.4. The van der Waals surface area contributed by atoms with E-state index >= 15 is 0 Å².